The van der Waals surface area contributed by atoms with Gasteiger partial charge >= 0.3 is 0 Å². The molecule has 5 rings (SSSR count). The first-order valence-corrected chi connectivity index (χ1v) is 9.03. The molecule has 128 valence electrons. The number of carbonyl (C=O) groups excluding carboxylic acids is 1. The molecule has 4 heteroatoms. The molecule has 0 saturated carbocycles. The summed E-state index contributed by atoms with van der Waals surface area (Å²) < 4.78 is 6.22. The van der Waals surface area contributed by atoms with Crippen LogP contribution in [0.15, 0.2) is 72.8 Å². The van der Waals surface area contributed by atoms with E-state index < -0.39 is 0 Å². The van der Waals surface area contributed by atoms with Crippen LogP contribution in [0.1, 0.15) is 15.9 Å². The molecule has 26 heavy (non-hydrogen) atoms. The predicted molar refractivity (Wildman–Crippen MR) is 102 cm³/mol. The number of Topliss-reactive ketones (excluding diaryl/α,β-unsaturated/α-hetero) is 1. The van der Waals surface area contributed by atoms with Gasteiger partial charge < -0.3 is 9.64 Å². The molecule has 0 aromatic heterocycles. The van der Waals surface area contributed by atoms with Gasteiger partial charge in [-0.1, -0.05) is 54.1 Å². The largest absolute Gasteiger partial charge is 0.467 e. The van der Waals surface area contributed by atoms with Gasteiger partial charge in [0.1, 0.15) is 5.75 Å². The smallest absolute Gasteiger partial charge is 0.187 e. The molecule has 0 N–H and O–H groups in total. The molecular weight excluding hydrogens is 346 g/mol. The monoisotopic (exact) mass is 361 g/mol. The fourth-order valence-electron chi connectivity index (χ4n) is 3.91. The maximum atomic E-state index is 13.3. The van der Waals surface area contributed by atoms with Crippen LogP contribution in [0.5, 0.6) is 5.75 Å². The maximum Gasteiger partial charge on any atom is 0.187 e. The van der Waals surface area contributed by atoms with Crippen LogP contribution in [0.2, 0.25) is 5.02 Å². The fraction of sp³-hybridized carbons (Fsp3) is 0.136. The molecule has 0 saturated heterocycles. The lowest BCUT2D eigenvalue weighted by atomic mass is 9.85. The molecule has 0 bridgehead atoms. The van der Waals surface area contributed by atoms with E-state index in [4.69, 9.17) is 16.3 Å². The minimum absolute atomic E-state index is 0.106. The third-order valence-electron chi connectivity index (χ3n) is 5.09. The number of anilines is 2. The summed E-state index contributed by atoms with van der Waals surface area (Å²) in [7, 11) is 0. The average Bonchev–Trinajstić information content (AvgIpc) is 3.05. The second-order valence-electron chi connectivity index (χ2n) is 6.67. The van der Waals surface area contributed by atoms with Crippen LogP contribution in [0, 0.1) is 5.92 Å². The third kappa shape index (κ3) is 2.31. The van der Waals surface area contributed by atoms with Gasteiger partial charge in [-0.3, -0.25) is 4.79 Å². The molecule has 3 aromatic rings. The maximum absolute atomic E-state index is 13.3. The fourth-order valence-corrected chi connectivity index (χ4v) is 4.07. The summed E-state index contributed by atoms with van der Waals surface area (Å²) in [5.41, 5.74) is 3.63. The van der Waals surface area contributed by atoms with Gasteiger partial charge in [-0.05, 0) is 42.3 Å². The summed E-state index contributed by atoms with van der Waals surface area (Å²) >= 11 is 6.23. The molecule has 2 heterocycles. The van der Waals surface area contributed by atoms with Crippen molar-refractivity contribution in [1.29, 1.82) is 0 Å². The summed E-state index contributed by atoms with van der Waals surface area (Å²) in [4.78, 5) is 15.4. The Morgan fingerprint density at radius 3 is 2.54 bits per heavy atom. The Balaban J connectivity index is 1.65. The van der Waals surface area contributed by atoms with Crippen molar-refractivity contribution in [2.75, 3.05) is 4.90 Å². The Labute approximate surface area is 156 Å². The SMILES string of the molecule is O=C1c2ccc(Cl)cc2N2c3ccccc3OC2C1Cc1ccccc1. The topological polar surface area (TPSA) is 29.5 Å². The second kappa shape index (κ2) is 5.89. The van der Waals surface area contributed by atoms with E-state index in [0.29, 0.717) is 17.0 Å². The first-order valence-electron chi connectivity index (χ1n) is 8.65. The lowest BCUT2D eigenvalue weighted by Gasteiger charge is -2.37. The number of carbonyl (C=O) groups is 1. The normalized spacial score (nSPS) is 20.2. The number of nitrogens with zero attached hydrogens (tertiary/aromatic N) is 1. The van der Waals surface area contributed by atoms with E-state index in [1.807, 2.05) is 54.6 Å². The number of hydrogen-bond donors (Lipinski definition) is 0. The van der Waals surface area contributed by atoms with Crippen molar-refractivity contribution >= 4 is 28.8 Å². The van der Waals surface area contributed by atoms with Gasteiger partial charge in [-0.15, -0.1) is 0 Å². The number of rotatable bonds is 2. The van der Waals surface area contributed by atoms with Gasteiger partial charge in [0.05, 0.1) is 17.3 Å². The molecule has 0 fully saturated rings. The number of hydrogen-bond acceptors (Lipinski definition) is 3. The molecule has 0 radical (unpaired) electrons. The minimum atomic E-state index is -0.355. The lowest BCUT2D eigenvalue weighted by molar-refractivity contribution is 0.0764. The van der Waals surface area contributed by atoms with Crippen molar-refractivity contribution in [1.82, 2.24) is 0 Å². The molecule has 2 atom stereocenters. The number of para-hydroxylation sites is 2. The molecule has 2 aliphatic heterocycles. The standard InChI is InChI=1S/C22H16ClNO2/c23-15-10-11-16-19(13-15)24-18-8-4-5-9-20(18)26-22(24)17(21(16)25)12-14-6-2-1-3-7-14/h1-11,13,17,22H,12H2. The average molecular weight is 362 g/mol. The summed E-state index contributed by atoms with van der Waals surface area (Å²) in [6.45, 7) is 0. The zero-order chi connectivity index (χ0) is 17.7. The zero-order valence-electron chi connectivity index (χ0n) is 13.9. The van der Waals surface area contributed by atoms with Crippen LogP contribution in [0.3, 0.4) is 0 Å². The van der Waals surface area contributed by atoms with E-state index in [1.54, 1.807) is 6.07 Å². The summed E-state index contributed by atoms with van der Waals surface area (Å²) in [5, 5.41) is 0.612. The van der Waals surface area contributed by atoms with E-state index >= 15 is 0 Å². The van der Waals surface area contributed by atoms with Gasteiger partial charge in [0.2, 0.25) is 0 Å². The van der Waals surface area contributed by atoms with Crippen LogP contribution in [0.25, 0.3) is 0 Å². The van der Waals surface area contributed by atoms with Crippen LogP contribution in [-0.4, -0.2) is 12.0 Å². The molecule has 2 unspecified atom stereocenters. The molecule has 0 amide bonds. The van der Waals surface area contributed by atoms with Crippen molar-refractivity contribution in [3.63, 3.8) is 0 Å². The van der Waals surface area contributed by atoms with E-state index in [-0.39, 0.29) is 17.9 Å². The van der Waals surface area contributed by atoms with E-state index in [1.165, 1.54) is 0 Å². The number of ether oxygens (including phenoxy) is 1. The van der Waals surface area contributed by atoms with Crippen LogP contribution < -0.4 is 9.64 Å². The van der Waals surface area contributed by atoms with Crippen molar-refractivity contribution in [2.45, 2.75) is 12.6 Å². The molecule has 3 nitrogen and oxygen atoms in total. The molecule has 0 spiro atoms. The number of ketones is 1. The highest BCUT2D eigenvalue weighted by Gasteiger charge is 2.46. The quantitative estimate of drug-likeness (QED) is 0.624. The highest BCUT2D eigenvalue weighted by molar-refractivity contribution is 6.31. The Morgan fingerprint density at radius 2 is 1.69 bits per heavy atom. The first kappa shape index (κ1) is 15.5. The van der Waals surface area contributed by atoms with Gasteiger partial charge in [-0.25, -0.2) is 0 Å². The van der Waals surface area contributed by atoms with E-state index in [9.17, 15) is 4.79 Å². The Bertz CT molecular complexity index is 1000. The van der Waals surface area contributed by atoms with Crippen molar-refractivity contribution in [2.24, 2.45) is 5.92 Å². The van der Waals surface area contributed by atoms with Gasteiger partial charge in [0.25, 0.3) is 0 Å². The van der Waals surface area contributed by atoms with Gasteiger partial charge in [0.15, 0.2) is 12.0 Å². The predicted octanol–water partition coefficient (Wildman–Crippen LogP) is 5.25. The Hall–Kier alpha value is -2.78. The highest BCUT2D eigenvalue weighted by atomic mass is 35.5. The lowest BCUT2D eigenvalue weighted by Crippen LogP contribution is -2.47. The van der Waals surface area contributed by atoms with Gasteiger partial charge in [-0.2, -0.15) is 0 Å². The molecular formula is C22H16ClNO2. The third-order valence-corrected chi connectivity index (χ3v) is 5.33. The summed E-state index contributed by atoms with van der Waals surface area (Å²) in [6.07, 6.45) is 0.280. The number of halogens is 1. The van der Waals surface area contributed by atoms with E-state index in [2.05, 4.69) is 17.0 Å². The summed E-state index contributed by atoms with van der Waals surface area (Å²) in [6, 6.07) is 23.4. The second-order valence-corrected chi connectivity index (χ2v) is 7.10. The zero-order valence-corrected chi connectivity index (χ0v) is 14.7. The Morgan fingerprint density at radius 1 is 0.923 bits per heavy atom. The minimum Gasteiger partial charge on any atom is -0.467 e. The van der Waals surface area contributed by atoms with Crippen LogP contribution in [0.4, 0.5) is 11.4 Å². The summed E-state index contributed by atoms with van der Waals surface area (Å²) in [5.74, 6) is 0.629. The van der Waals surface area contributed by atoms with E-state index in [0.717, 1.165) is 22.7 Å². The van der Waals surface area contributed by atoms with Crippen LogP contribution >= 0.6 is 11.6 Å². The van der Waals surface area contributed by atoms with Crippen molar-refractivity contribution in [3.05, 3.63) is 88.9 Å². The first-order chi connectivity index (χ1) is 12.7. The van der Waals surface area contributed by atoms with Crippen molar-refractivity contribution < 1.29 is 9.53 Å². The molecule has 3 aromatic carbocycles. The molecule has 2 aliphatic rings. The molecule has 0 aliphatic carbocycles. The van der Waals surface area contributed by atoms with Gasteiger partial charge in [0, 0.05) is 10.6 Å². The van der Waals surface area contributed by atoms with Crippen molar-refractivity contribution in [3.8, 4) is 5.75 Å². The van der Waals surface area contributed by atoms with Crippen LogP contribution in [-0.2, 0) is 6.42 Å². The number of fused-ring (bicyclic) bond motifs is 5. The highest BCUT2D eigenvalue weighted by Crippen LogP contribution is 2.49. The Kier molecular flexibility index (Phi) is 3.50. The number of benzene rings is 3.